The van der Waals surface area contributed by atoms with Gasteiger partial charge < -0.3 is 15.2 Å². The van der Waals surface area contributed by atoms with Crippen LogP contribution in [0.15, 0.2) is 36.5 Å². The van der Waals surface area contributed by atoms with E-state index in [1.54, 1.807) is 30.2 Å². The third-order valence-corrected chi connectivity index (χ3v) is 4.99. The van der Waals surface area contributed by atoms with Crippen molar-refractivity contribution in [2.75, 3.05) is 18.1 Å². The molecule has 7 heteroatoms. The van der Waals surface area contributed by atoms with Gasteiger partial charge in [-0.05, 0) is 49.6 Å². The van der Waals surface area contributed by atoms with Crippen molar-refractivity contribution in [3.63, 3.8) is 0 Å². The number of pyridine rings is 1. The van der Waals surface area contributed by atoms with Crippen LogP contribution in [0.2, 0.25) is 0 Å². The molecule has 1 aromatic heterocycles. The zero-order valence-corrected chi connectivity index (χ0v) is 17.2. The number of hydrogen-bond acceptors (Lipinski definition) is 5. The summed E-state index contributed by atoms with van der Waals surface area (Å²) in [5.41, 5.74) is 3.44. The zero-order chi connectivity index (χ0) is 21.1. The van der Waals surface area contributed by atoms with E-state index in [2.05, 4.69) is 10.3 Å². The number of aliphatic hydroxyl groups is 1. The number of amides is 2. The van der Waals surface area contributed by atoms with Crippen LogP contribution in [0.25, 0.3) is 11.3 Å². The van der Waals surface area contributed by atoms with E-state index >= 15 is 0 Å². The molecular formula is C22H27N3O4. The molecule has 1 fully saturated rings. The summed E-state index contributed by atoms with van der Waals surface area (Å²) < 4.78 is 5.28. The predicted octanol–water partition coefficient (Wildman–Crippen LogP) is 3.15. The number of hydrogen-bond donors (Lipinski definition) is 2. The number of aliphatic hydroxyl groups excluding tert-OH is 1. The molecule has 154 valence electrons. The predicted molar refractivity (Wildman–Crippen MR) is 111 cm³/mol. The molecule has 2 N–H and O–H groups in total. The molecule has 2 heterocycles. The number of rotatable bonds is 6. The SMILES string of the molecule is Cc1ccc(-c2cc(C(=O)N[C@@H](C)CO)cc(N3C(=O)OC[C@H]3C(C)C)c2)nc1. The van der Waals surface area contributed by atoms with E-state index in [0.29, 0.717) is 23.6 Å². The third-order valence-electron chi connectivity index (χ3n) is 4.99. The Kier molecular flexibility index (Phi) is 6.17. The van der Waals surface area contributed by atoms with Gasteiger partial charge in [-0.3, -0.25) is 14.7 Å². The Labute approximate surface area is 170 Å². The monoisotopic (exact) mass is 397 g/mol. The minimum Gasteiger partial charge on any atom is -0.447 e. The molecule has 1 saturated heterocycles. The first-order valence-electron chi connectivity index (χ1n) is 9.76. The summed E-state index contributed by atoms with van der Waals surface area (Å²) in [7, 11) is 0. The van der Waals surface area contributed by atoms with Gasteiger partial charge in [0.25, 0.3) is 5.91 Å². The average molecular weight is 397 g/mol. The summed E-state index contributed by atoms with van der Waals surface area (Å²) in [5, 5.41) is 12.0. The molecule has 29 heavy (non-hydrogen) atoms. The van der Waals surface area contributed by atoms with Crippen molar-refractivity contribution >= 4 is 17.7 Å². The summed E-state index contributed by atoms with van der Waals surface area (Å²) in [4.78, 5) is 31.2. The van der Waals surface area contributed by atoms with Gasteiger partial charge in [0.1, 0.15) is 6.61 Å². The van der Waals surface area contributed by atoms with Crippen LogP contribution in [-0.4, -0.2) is 47.4 Å². The van der Waals surface area contributed by atoms with E-state index in [9.17, 15) is 14.7 Å². The number of carbonyl (C=O) groups excluding carboxylic acids is 2. The fourth-order valence-electron chi connectivity index (χ4n) is 3.24. The van der Waals surface area contributed by atoms with Crippen molar-refractivity contribution in [1.29, 1.82) is 0 Å². The lowest BCUT2D eigenvalue weighted by Gasteiger charge is -2.25. The summed E-state index contributed by atoms with van der Waals surface area (Å²) in [5.74, 6) is -0.135. The van der Waals surface area contributed by atoms with E-state index in [0.717, 1.165) is 11.1 Å². The van der Waals surface area contributed by atoms with Crippen LogP contribution in [0.1, 0.15) is 36.7 Å². The molecule has 0 saturated carbocycles. The highest BCUT2D eigenvalue weighted by Gasteiger charge is 2.36. The Morgan fingerprint density at radius 2 is 2.07 bits per heavy atom. The second kappa shape index (κ2) is 8.61. The number of cyclic esters (lactones) is 1. The normalized spacial score (nSPS) is 17.4. The standard InChI is InChI=1S/C22H27N3O4/c1-13(2)20-12-29-22(28)25(20)18-8-16(19-6-5-14(3)10-23-19)7-17(9-18)21(27)24-15(4)11-26/h5-10,13,15,20,26H,11-12H2,1-4H3,(H,24,27)/t15-,20-/m0/s1. The van der Waals surface area contributed by atoms with Crippen LogP contribution in [0.3, 0.4) is 0 Å². The molecule has 1 aliphatic rings. The summed E-state index contributed by atoms with van der Waals surface area (Å²) in [6, 6.07) is 8.61. The summed E-state index contributed by atoms with van der Waals surface area (Å²) >= 11 is 0. The largest absolute Gasteiger partial charge is 0.447 e. The molecule has 2 amide bonds. The smallest absolute Gasteiger partial charge is 0.414 e. The second-order valence-electron chi connectivity index (χ2n) is 7.80. The van der Waals surface area contributed by atoms with Crippen molar-refractivity contribution in [2.24, 2.45) is 5.92 Å². The highest BCUT2D eigenvalue weighted by Crippen LogP contribution is 2.32. The van der Waals surface area contributed by atoms with Gasteiger partial charge in [-0.1, -0.05) is 19.9 Å². The summed E-state index contributed by atoms with van der Waals surface area (Å²) in [6.07, 6.45) is 1.34. The molecule has 2 atom stereocenters. The molecule has 0 spiro atoms. The second-order valence-corrected chi connectivity index (χ2v) is 7.80. The van der Waals surface area contributed by atoms with Crippen molar-refractivity contribution in [2.45, 2.75) is 39.8 Å². The highest BCUT2D eigenvalue weighted by atomic mass is 16.6. The van der Waals surface area contributed by atoms with Crippen molar-refractivity contribution in [1.82, 2.24) is 10.3 Å². The first-order chi connectivity index (χ1) is 13.8. The maximum atomic E-state index is 12.7. The molecule has 1 aromatic carbocycles. The van der Waals surface area contributed by atoms with E-state index in [-0.39, 0.29) is 30.5 Å². The van der Waals surface area contributed by atoms with E-state index in [1.807, 2.05) is 39.0 Å². The molecule has 3 rings (SSSR count). The lowest BCUT2D eigenvalue weighted by molar-refractivity contribution is 0.0922. The van der Waals surface area contributed by atoms with Gasteiger partial charge in [0.15, 0.2) is 0 Å². The minimum absolute atomic E-state index is 0.115. The maximum Gasteiger partial charge on any atom is 0.414 e. The highest BCUT2D eigenvalue weighted by molar-refractivity contribution is 5.99. The first kappa shape index (κ1) is 20.8. The van der Waals surface area contributed by atoms with Crippen LogP contribution in [0, 0.1) is 12.8 Å². The number of nitrogens with zero attached hydrogens (tertiary/aromatic N) is 2. The van der Waals surface area contributed by atoms with Crippen LogP contribution in [0.5, 0.6) is 0 Å². The van der Waals surface area contributed by atoms with Gasteiger partial charge in [0.2, 0.25) is 0 Å². The molecule has 1 aliphatic heterocycles. The van der Waals surface area contributed by atoms with E-state index in [1.165, 1.54) is 0 Å². The zero-order valence-electron chi connectivity index (χ0n) is 17.2. The van der Waals surface area contributed by atoms with Crippen molar-refractivity contribution < 1.29 is 19.4 Å². The van der Waals surface area contributed by atoms with Gasteiger partial charge >= 0.3 is 6.09 Å². The lowest BCUT2D eigenvalue weighted by Crippen LogP contribution is -2.38. The molecule has 2 aromatic rings. The maximum absolute atomic E-state index is 12.7. The lowest BCUT2D eigenvalue weighted by atomic mass is 10.0. The average Bonchev–Trinajstić information content (AvgIpc) is 3.09. The Morgan fingerprint density at radius 1 is 1.31 bits per heavy atom. The Balaban J connectivity index is 2.08. The number of anilines is 1. The Morgan fingerprint density at radius 3 is 2.69 bits per heavy atom. The van der Waals surface area contributed by atoms with Crippen LogP contribution >= 0.6 is 0 Å². The van der Waals surface area contributed by atoms with Crippen molar-refractivity contribution in [3.05, 3.63) is 47.7 Å². The topological polar surface area (TPSA) is 91.8 Å². The fraction of sp³-hybridized carbons (Fsp3) is 0.409. The minimum atomic E-state index is -0.423. The van der Waals surface area contributed by atoms with Gasteiger partial charge in [-0.2, -0.15) is 0 Å². The van der Waals surface area contributed by atoms with Crippen LogP contribution < -0.4 is 10.2 Å². The Hall–Kier alpha value is -2.93. The molecule has 0 radical (unpaired) electrons. The van der Waals surface area contributed by atoms with Gasteiger partial charge in [0.05, 0.1) is 18.3 Å². The van der Waals surface area contributed by atoms with Crippen LogP contribution in [0.4, 0.5) is 10.5 Å². The number of ether oxygens (including phenoxy) is 1. The molecule has 0 bridgehead atoms. The van der Waals surface area contributed by atoms with Crippen molar-refractivity contribution in [3.8, 4) is 11.3 Å². The number of benzene rings is 1. The van der Waals surface area contributed by atoms with Gasteiger partial charge in [0, 0.05) is 29.1 Å². The number of carbonyl (C=O) groups is 2. The molecule has 0 unspecified atom stereocenters. The molecule has 0 aliphatic carbocycles. The van der Waals surface area contributed by atoms with Gasteiger partial charge in [-0.15, -0.1) is 0 Å². The number of aromatic nitrogens is 1. The summed E-state index contributed by atoms with van der Waals surface area (Å²) in [6.45, 7) is 7.88. The molecule has 7 nitrogen and oxygen atoms in total. The number of aryl methyl sites for hydroxylation is 1. The van der Waals surface area contributed by atoms with Gasteiger partial charge in [-0.25, -0.2) is 4.79 Å². The Bertz CT molecular complexity index is 895. The van der Waals surface area contributed by atoms with Crippen LogP contribution in [-0.2, 0) is 4.74 Å². The third kappa shape index (κ3) is 4.56. The number of nitrogens with one attached hydrogen (secondary N) is 1. The van der Waals surface area contributed by atoms with E-state index < -0.39 is 6.09 Å². The quantitative estimate of drug-likeness (QED) is 0.781. The van der Waals surface area contributed by atoms with E-state index in [4.69, 9.17) is 4.74 Å². The first-order valence-corrected chi connectivity index (χ1v) is 9.76. The fourth-order valence-corrected chi connectivity index (χ4v) is 3.24. The molecular weight excluding hydrogens is 370 g/mol.